The molecule has 1 aromatic rings. The summed E-state index contributed by atoms with van der Waals surface area (Å²) in [5, 5.41) is 8.56. The molecule has 0 saturated carbocycles. The minimum atomic E-state index is -1.03. The summed E-state index contributed by atoms with van der Waals surface area (Å²) in [4.78, 5) is 34.4. The highest BCUT2D eigenvalue weighted by Crippen LogP contribution is 1.92. The number of aromatic amines is 1. The van der Waals surface area contributed by atoms with E-state index in [9.17, 15) is 14.4 Å². The monoisotopic (exact) mass is 210 g/mol. The first kappa shape index (κ1) is 11.0. The molecule has 0 spiro atoms. The molecule has 15 heavy (non-hydrogen) atoms. The zero-order valence-corrected chi connectivity index (χ0v) is 8.06. The molecule has 0 amide bonds. The molecule has 0 bridgehead atoms. The number of aromatic nitrogens is 2. The predicted molar refractivity (Wildman–Crippen MR) is 52.7 cm³/mol. The number of nitrogens with zero attached hydrogens (tertiary/aromatic N) is 1. The van der Waals surface area contributed by atoms with E-state index >= 15 is 0 Å². The number of carboxylic acids is 1. The van der Waals surface area contributed by atoms with Gasteiger partial charge in [0.15, 0.2) is 0 Å². The van der Waals surface area contributed by atoms with Crippen LogP contribution in [0.3, 0.4) is 0 Å². The molecule has 0 aromatic carbocycles. The summed E-state index contributed by atoms with van der Waals surface area (Å²) in [7, 11) is 0. The lowest BCUT2D eigenvalue weighted by atomic mass is 10.3. The van der Waals surface area contributed by atoms with Crippen LogP contribution in [-0.4, -0.2) is 20.6 Å². The van der Waals surface area contributed by atoms with Gasteiger partial charge in [0.2, 0.25) is 0 Å². The van der Waals surface area contributed by atoms with Crippen molar-refractivity contribution in [2.45, 2.75) is 13.5 Å². The van der Waals surface area contributed by atoms with Gasteiger partial charge in [-0.05, 0) is 6.92 Å². The zero-order valence-electron chi connectivity index (χ0n) is 8.06. The molecular formula is C9H10N2O4. The first-order valence-corrected chi connectivity index (χ1v) is 4.20. The molecule has 6 nitrogen and oxygen atoms in total. The summed E-state index contributed by atoms with van der Waals surface area (Å²) in [5.41, 5.74) is -0.889. The fourth-order valence-corrected chi connectivity index (χ4v) is 0.911. The van der Waals surface area contributed by atoms with Crippen molar-refractivity contribution in [1.29, 1.82) is 0 Å². The van der Waals surface area contributed by atoms with Gasteiger partial charge in [-0.3, -0.25) is 14.3 Å². The van der Waals surface area contributed by atoms with Gasteiger partial charge in [-0.15, -0.1) is 0 Å². The van der Waals surface area contributed by atoms with Gasteiger partial charge < -0.3 is 5.11 Å². The van der Waals surface area contributed by atoms with E-state index in [1.807, 2.05) is 0 Å². The van der Waals surface area contributed by atoms with Crippen LogP contribution in [0.15, 0.2) is 33.5 Å². The Bertz CT molecular complexity index is 509. The molecular weight excluding hydrogens is 200 g/mol. The number of hydrogen-bond acceptors (Lipinski definition) is 3. The highest BCUT2D eigenvalue weighted by Gasteiger charge is 1.99. The molecule has 1 rings (SSSR count). The zero-order chi connectivity index (χ0) is 11.4. The summed E-state index contributed by atoms with van der Waals surface area (Å²) in [6.07, 6.45) is 2.70. The topological polar surface area (TPSA) is 92.2 Å². The number of carboxylic acid groups (broad SMARTS) is 1. The highest BCUT2D eigenvalue weighted by atomic mass is 16.4. The first-order chi connectivity index (χ1) is 7.00. The van der Waals surface area contributed by atoms with E-state index in [2.05, 4.69) is 4.98 Å². The van der Waals surface area contributed by atoms with Gasteiger partial charge in [0.05, 0.1) is 0 Å². The number of carbonyl (C=O) groups is 1. The fourth-order valence-electron chi connectivity index (χ4n) is 0.911. The predicted octanol–water partition coefficient (Wildman–Crippen LogP) is -0.433. The van der Waals surface area contributed by atoms with Crippen LogP contribution in [-0.2, 0) is 11.3 Å². The van der Waals surface area contributed by atoms with Gasteiger partial charge in [-0.25, -0.2) is 9.59 Å². The average molecular weight is 210 g/mol. The molecule has 0 saturated heterocycles. The van der Waals surface area contributed by atoms with E-state index in [-0.39, 0.29) is 12.1 Å². The number of hydrogen-bond donors (Lipinski definition) is 2. The van der Waals surface area contributed by atoms with Crippen molar-refractivity contribution in [3.05, 3.63) is 44.8 Å². The first-order valence-electron chi connectivity index (χ1n) is 4.20. The summed E-state index contributed by atoms with van der Waals surface area (Å²) >= 11 is 0. The molecule has 0 fully saturated rings. The summed E-state index contributed by atoms with van der Waals surface area (Å²) in [6, 6.07) is 1.20. The number of allylic oxidation sites excluding steroid dienone is 1. The molecule has 1 aromatic heterocycles. The maximum Gasteiger partial charge on any atom is 0.331 e. The van der Waals surface area contributed by atoms with Gasteiger partial charge in [-0.2, -0.15) is 0 Å². The van der Waals surface area contributed by atoms with Crippen molar-refractivity contribution in [2.24, 2.45) is 0 Å². The second kappa shape index (κ2) is 4.41. The molecule has 0 aliphatic carbocycles. The summed E-state index contributed by atoms with van der Waals surface area (Å²) in [5.74, 6) is -1.03. The fraction of sp³-hybridized carbons (Fsp3) is 0.222. The lowest BCUT2D eigenvalue weighted by molar-refractivity contribution is -0.132. The Morgan fingerprint density at radius 3 is 2.80 bits per heavy atom. The Balaban J connectivity index is 2.92. The van der Waals surface area contributed by atoms with Crippen molar-refractivity contribution in [3.63, 3.8) is 0 Å². The van der Waals surface area contributed by atoms with Crippen LogP contribution in [0.5, 0.6) is 0 Å². The van der Waals surface area contributed by atoms with Gasteiger partial charge in [0, 0.05) is 24.4 Å². The summed E-state index contributed by atoms with van der Waals surface area (Å²) in [6.45, 7) is 1.55. The quantitative estimate of drug-likeness (QED) is 0.662. The van der Waals surface area contributed by atoms with Crippen LogP contribution < -0.4 is 11.2 Å². The third-order valence-electron chi connectivity index (χ3n) is 1.83. The molecule has 0 aliphatic rings. The minimum Gasteiger partial charge on any atom is -0.478 e. The van der Waals surface area contributed by atoms with Crippen LogP contribution in [0, 0.1) is 0 Å². The molecule has 0 atom stereocenters. The van der Waals surface area contributed by atoms with Gasteiger partial charge >= 0.3 is 11.7 Å². The Hall–Kier alpha value is -2.11. The standard InChI is InChI=1S/C9H10N2O4/c1-6(8(13)14)2-4-11-5-3-7(12)10-9(11)15/h2-3,5H,4H2,1H3,(H,13,14)(H,10,12,15)/b6-2-. The molecule has 0 radical (unpaired) electrons. The van der Waals surface area contributed by atoms with Crippen molar-refractivity contribution in [1.82, 2.24) is 9.55 Å². The molecule has 1 heterocycles. The van der Waals surface area contributed by atoms with E-state index in [1.165, 1.54) is 29.8 Å². The molecule has 80 valence electrons. The molecule has 2 N–H and O–H groups in total. The Labute approximate surface area is 84.5 Å². The number of nitrogens with one attached hydrogen (secondary N) is 1. The second-order valence-corrected chi connectivity index (χ2v) is 2.95. The molecule has 0 aliphatic heterocycles. The highest BCUT2D eigenvalue weighted by molar-refractivity contribution is 5.85. The van der Waals surface area contributed by atoms with Crippen molar-refractivity contribution >= 4 is 5.97 Å². The Morgan fingerprint density at radius 2 is 2.27 bits per heavy atom. The maximum absolute atomic E-state index is 11.2. The largest absolute Gasteiger partial charge is 0.478 e. The van der Waals surface area contributed by atoms with E-state index < -0.39 is 17.2 Å². The van der Waals surface area contributed by atoms with Gasteiger partial charge in [0.25, 0.3) is 5.56 Å². The minimum absolute atomic E-state index is 0.119. The van der Waals surface area contributed by atoms with Gasteiger partial charge in [-0.1, -0.05) is 6.08 Å². The smallest absolute Gasteiger partial charge is 0.331 e. The van der Waals surface area contributed by atoms with Crippen LogP contribution in [0.2, 0.25) is 0 Å². The van der Waals surface area contributed by atoms with Crippen LogP contribution in [0.1, 0.15) is 6.92 Å². The van der Waals surface area contributed by atoms with E-state index in [0.717, 1.165) is 0 Å². The average Bonchev–Trinajstić information content (AvgIpc) is 2.15. The van der Waals surface area contributed by atoms with E-state index in [4.69, 9.17) is 5.11 Å². The van der Waals surface area contributed by atoms with Crippen molar-refractivity contribution < 1.29 is 9.90 Å². The maximum atomic E-state index is 11.2. The van der Waals surface area contributed by atoms with Crippen molar-refractivity contribution in [2.75, 3.05) is 0 Å². The van der Waals surface area contributed by atoms with E-state index in [0.29, 0.717) is 0 Å². The number of rotatable bonds is 3. The second-order valence-electron chi connectivity index (χ2n) is 2.95. The van der Waals surface area contributed by atoms with Crippen molar-refractivity contribution in [3.8, 4) is 0 Å². The Kier molecular flexibility index (Phi) is 3.22. The summed E-state index contributed by atoms with van der Waals surface area (Å²) < 4.78 is 1.20. The number of H-pyrrole nitrogens is 1. The third-order valence-corrected chi connectivity index (χ3v) is 1.83. The lowest BCUT2D eigenvalue weighted by Gasteiger charge is -1.99. The lowest BCUT2D eigenvalue weighted by Crippen LogP contribution is -2.28. The van der Waals surface area contributed by atoms with Gasteiger partial charge in [0.1, 0.15) is 0 Å². The normalized spacial score (nSPS) is 11.4. The van der Waals surface area contributed by atoms with Crippen LogP contribution in [0.25, 0.3) is 0 Å². The SMILES string of the molecule is C/C(=C/Cn1ccc(=O)[nH]c1=O)C(=O)O. The van der Waals surface area contributed by atoms with Crippen LogP contribution in [0.4, 0.5) is 0 Å². The molecule has 6 heteroatoms. The van der Waals surface area contributed by atoms with E-state index in [1.54, 1.807) is 0 Å². The van der Waals surface area contributed by atoms with Crippen LogP contribution >= 0.6 is 0 Å². The number of aliphatic carboxylic acids is 1. The molecule has 0 unspecified atom stereocenters. The Morgan fingerprint density at radius 1 is 1.60 bits per heavy atom. The third kappa shape index (κ3) is 2.94.